The number of methoxy groups -OCH3 is 1. The van der Waals surface area contributed by atoms with Crippen molar-refractivity contribution in [2.75, 3.05) is 17.7 Å². The predicted octanol–water partition coefficient (Wildman–Crippen LogP) is 5.63. The highest BCUT2D eigenvalue weighted by Crippen LogP contribution is 2.36. The Labute approximate surface area is 175 Å². The molecule has 0 aliphatic rings. The van der Waals surface area contributed by atoms with E-state index in [1.807, 2.05) is 6.07 Å². The molecule has 0 spiro atoms. The predicted molar refractivity (Wildman–Crippen MR) is 109 cm³/mol. The average Bonchev–Trinajstić information content (AvgIpc) is 2.73. The van der Waals surface area contributed by atoms with Crippen molar-refractivity contribution in [1.82, 2.24) is 4.98 Å². The highest BCUT2D eigenvalue weighted by atomic mass is 35.5. The quantitative estimate of drug-likeness (QED) is 0.527. The van der Waals surface area contributed by atoms with Crippen LogP contribution in [0.1, 0.15) is 21.5 Å². The summed E-state index contributed by atoms with van der Waals surface area (Å²) in [7, 11) is 1.52. The summed E-state index contributed by atoms with van der Waals surface area (Å²) >= 11 is 5.62. The minimum Gasteiger partial charge on any atom is -0.481 e. The fourth-order valence-electron chi connectivity index (χ4n) is 2.69. The molecule has 5 nitrogen and oxygen atoms in total. The molecule has 0 aliphatic carbocycles. The van der Waals surface area contributed by atoms with Crippen molar-refractivity contribution in [1.29, 1.82) is 0 Å². The Morgan fingerprint density at radius 2 is 1.90 bits per heavy atom. The molecule has 0 radical (unpaired) electrons. The molecule has 3 rings (SSSR count). The number of alkyl halides is 3. The Balaban J connectivity index is 1.75. The summed E-state index contributed by atoms with van der Waals surface area (Å²) in [4.78, 5) is 16.8. The maximum absolute atomic E-state index is 13.0. The fourth-order valence-corrected chi connectivity index (χ4v) is 2.91. The van der Waals surface area contributed by atoms with E-state index in [1.165, 1.54) is 13.2 Å². The lowest BCUT2D eigenvalue weighted by Gasteiger charge is -2.14. The number of rotatable bonds is 6. The van der Waals surface area contributed by atoms with Gasteiger partial charge in [-0.1, -0.05) is 29.8 Å². The molecule has 0 atom stereocenters. The van der Waals surface area contributed by atoms with Crippen LogP contribution in [0.25, 0.3) is 0 Å². The van der Waals surface area contributed by atoms with Crippen LogP contribution in [0.4, 0.5) is 24.5 Å². The van der Waals surface area contributed by atoms with Crippen LogP contribution >= 0.6 is 11.6 Å². The number of hydrogen-bond donors (Lipinski definition) is 2. The molecule has 0 unspecified atom stereocenters. The number of nitrogens with zero attached hydrogens (tertiary/aromatic N) is 1. The van der Waals surface area contributed by atoms with Gasteiger partial charge in [-0.15, -0.1) is 0 Å². The molecule has 1 heterocycles. The number of ether oxygens (including phenoxy) is 1. The highest BCUT2D eigenvalue weighted by Gasteiger charge is 2.33. The lowest BCUT2D eigenvalue weighted by Crippen LogP contribution is -2.15. The number of aromatic nitrogens is 1. The number of pyridine rings is 1. The van der Waals surface area contributed by atoms with E-state index in [2.05, 4.69) is 15.6 Å². The molecule has 156 valence electrons. The normalized spacial score (nSPS) is 11.1. The fraction of sp³-hybridized carbons (Fsp3) is 0.143. The first-order valence-corrected chi connectivity index (χ1v) is 9.15. The number of nitrogens with one attached hydrogen (secondary N) is 2. The summed E-state index contributed by atoms with van der Waals surface area (Å²) < 4.78 is 44.1. The number of benzene rings is 2. The minimum atomic E-state index is -4.62. The first kappa shape index (κ1) is 21.4. The van der Waals surface area contributed by atoms with Crippen molar-refractivity contribution in [3.8, 4) is 5.88 Å². The maximum atomic E-state index is 13.0. The monoisotopic (exact) mass is 435 g/mol. The van der Waals surface area contributed by atoms with Gasteiger partial charge in [0.1, 0.15) is 0 Å². The van der Waals surface area contributed by atoms with Crippen molar-refractivity contribution in [3.05, 3.63) is 82.5 Å². The largest absolute Gasteiger partial charge is 0.481 e. The van der Waals surface area contributed by atoms with Crippen LogP contribution in [0.15, 0.2) is 60.8 Å². The third-order valence-corrected chi connectivity index (χ3v) is 4.52. The Bertz CT molecular complexity index is 1040. The average molecular weight is 436 g/mol. The molecule has 3 aromatic rings. The summed E-state index contributed by atoms with van der Waals surface area (Å²) in [5.74, 6) is -0.0684. The van der Waals surface area contributed by atoms with E-state index in [1.54, 1.807) is 36.5 Å². The molecule has 1 aromatic heterocycles. The van der Waals surface area contributed by atoms with Gasteiger partial charge in [0.25, 0.3) is 5.91 Å². The molecule has 0 fully saturated rings. The zero-order valence-electron chi connectivity index (χ0n) is 15.8. The summed E-state index contributed by atoms with van der Waals surface area (Å²) in [5.41, 5.74) is 0.642. The Kier molecular flexibility index (Phi) is 6.47. The number of hydrogen-bond acceptors (Lipinski definition) is 4. The molecule has 0 saturated carbocycles. The summed E-state index contributed by atoms with van der Waals surface area (Å²) in [6.07, 6.45) is -2.98. The van der Waals surface area contributed by atoms with Crippen LogP contribution in [0.2, 0.25) is 5.02 Å². The van der Waals surface area contributed by atoms with Gasteiger partial charge in [0.05, 0.1) is 23.3 Å². The number of anilines is 2. The Morgan fingerprint density at radius 3 is 2.57 bits per heavy atom. The minimum absolute atomic E-state index is 0.00844. The smallest absolute Gasteiger partial charge is 0.417 e. The number of para-hydroxylation sites is 1. The SMILES string of the molecule is COc1ccc(CNc2ccccc2C(=O)Nc2ccc(Cl)c(C(F)(F)F)c2)cn1. The van der Waals surface area contributed by atoms with Gasteiger partial charge in [-0.25, -0.2) is 4.98 Å². The summed E-state index contributed by atoms with van der Waals surface area (Å²) in [6.45, 7) is 0.389. The van der Waals surface area contributed by atoms with E-state index in [0.29, 0.717) is 18.1 Å². The van der Waals surface area contributed by atoms with Crippen molar-refractivity contribution in [2.24, 2.45) is 0 Å². The molecule has 0 aliphatic heterocycles. The Hall–Kier alpha value is -3.26. The van der Waals surface area contributed by atoms with E-state index in [-0.39, 0.29) is 11.3 Å². The van der Waals surface area contributed by atoms with Crippen molar-refractivity contribution in [3.63, 3.8) is 0 Å². The zero-order valence-corrected chi connectivity index (χ0v) is 16.5. The number of halogens is 4. The van der Waals surface area contributed by atoms with Crippen molar-refractivity contribution < 1.29 is 22.7 Å². The Morgan fingerprint density at radius 1 is 1.13 bits per heavy atom. The molecular formula is C21H17ClF3N3O2. The molecule has 9 heteroatoms. The van der Waals surface area contributed by atoms with Crippen molar-refractivity contribution in [2.45, 2.75) is 12.7 Å². The molecule has 0 saturated heterocycles. The van der Waals surface area contributed by atoms with E-state index in [0.717, 1.165) is 17.7 Å². The van der Waals surface area contributed by atoms with Gasteiger partial charge in [0.2, 0.25) is 5.88 Å². The number of carbonyl (C=O) groups excluding carboxylic acids is 1. The van der Waals surface area contributed by atoms with E-state index in [9.17, 15) is 18.0 Å². The van der Waals surface area contributed by atoms with Gasteiger partial charge in [0, 0.05) is 30.2 Å². The van der Waals surface area contributed by atoms with Crippen LogP contribution in [0, 0.1) is 0 Å². The molecule has 2 aromatic carbocycles. The first-order chi connectivity index (χ1) is 14.3. The molecule has 0 bridgehead atoms. The topological polar surface area (TPSA) is 63.2 Å². The molecule has 1 amide bonds. The van der Waals surface area contributed by atoms with Crippen LogP contribution in [-0.2, 0) is 12.7 Å². The van der Waals surface area contributed by atoms with Crippen LogP contribution in [0.5, 0.6) is 5.88 Å². The lowest BCUT2D eigenvalue weighted by molar-refractivity contribution is -0.137. The van der Waals surface area contributed by atoms with Crippen LogP contribution in [0.3, 0.4) is 0 Å². The lowest BCUT2D eigenvalue weighted by atomic mass is 10.1. The second-order valence-electron chi connectivity index (χ2n) is 6.25. The van der Waals surface area contributed by atoms with E-state index >= 15 is 0 Å². The van der Waals surface area contributed by atoms with Gasteiger partial charge in [-0.05, 0) is 35.9 Å². The van der Waals surface area contributed by atoms with Gasteiger partial charge < -0.3 is 15.4 Å². The van der Waals surface area contributed by atoms with E-state index < -0.39 is 22.7 Å². The zero-order chi connectivity index (χ0) is 21.7. The van der Waals surface area contributed by atoms with Crippen molar-refractivity contribution >= 4 is 28.9 Å². The third-order valence-electron chi connectivity index (χ3n) is 4.19. The third kappa shape index (κ3) is 5.21. The second-order valence-corrected chi connectivity index (χ2v) is 6.66. The van der Waals surface area contributed by atoms with Gasteiger partial charge in [0.15, 0.2) is 0 Å². The maximum Gasteiger partial charge on any atom is 0.417 e. The highest BCUT2D eigenvalue weighted by molar-refractivity contribution is 6.31. The van der Waals surface area contributed by atoms with Gasteiger partial charge >= 0.3 is 6.18 Å². The molecule has 2 N–H and O–H groups in total. The first-order valence-electron chi connectivity index (χ1n) is 8.78. The summed E-state index contributed by atoms with van der Waals surface area (Å²) in [6, 6.07) is 13.4. The molecule has 30 heavy (non-hydrogen) atoms. The van der Waals surface area contributed by atoms with E-state index in [4.69, 9.17) is 16.3 Å². The van der Waals surface area contributed by atoms with Crippen LogP contribution < -0.4 is 15.4 Å². The standard InChI is InChI=1S/C21H17ClF3N3O2/c1-30-19-9-6-13(12-27-19)11-26-18-5-3-2-4-15(18)20(29)28-14-7-8-17(22)16(10-14)21(23,24)25/h2-10,12,26H,11H2,1H3,(H,28,29). The summed E-state index contributed by atoms with van der Waals surface area (Å²) in [5, 5.41) is 5.19. The number of carbonyl (C=O) groups is 1. The van der Waals surface area contributed by atoms with Gasteiger partial charge in [-0.3, -0.25) is 4.79 Å². The van der Waals surface area contributed by atoms with Gasteiger partial charge in [-0.2, -0.15) is 13.2 Å². The molecular weight excluding hydrogens is 419 g/mol. The van der Waals surface area contributed by atoms with Crippen LogP contribution in [-0.4, -0.2) is 18.0 Å². The second kappa shape index (κ2) is 9.04. The number of amides is 1.